The van der Waals surface area contributed by atoms with Gasteiger partial charge in [-0.05, 0) is 25.8 Å². The molecule has 1 saturated carbocycles. The molecule has 0 radical (unpaired) electrons. The van der Waals surface area contributed by atoms with Crippen LogP contribution in [0.5, 0.6) is 0 Å². The molecular formula is C7H15NOS. The van der Waals surface area contributed by atoms with Crippen LogP contribution in [-0.4, -0.2) is 21.8 Å². The van der Waals surface area contributed by atoms with Gasteiger partial charge in [0.2, 0.25) is 0 Å². The van der Waals surface area contributed by atoms with Gasteiger partial charge < -0.3 is 5.73 Å². The van der Waals surface area contributed by atoms with Crippen LogP contribution in [0.15, 0.2) is 0 Å². The fourth-order valence-corrected chi connectivity index (χ4v) is 2.67. The average Bonchev–Trinajstić information content (AvgIpc) is 1.79. The summed E-state index contributed by atoms with van der Waals surface area (Å²) in [6.45, 7) is 0.679. The maximum atomic E-state index is 11.2. The molecule has 3 heteroatoms. The first kappa shape index (κ1) is 8.21. The van der Waals surface area contributed by atoms with E-state index >= 15 is 0 Å². The summed E-state index contributed by atoms with van der Waals surface area (Å²) in [6.07, 6.45) is 4.55. The fraction of sp³-hybridized carbons (Fsp3) is 1.00. The van der Waals surface area contributed by atoms with Crippen LogP contribution in [0.25, 0.3) is 0 Å². The van der Waals surface area contributed by atoms with E-state index in [-0.39, 0.29) is 0 Å². The van der Waals surface area contributed by atoms with Crippen molar-refractivity contribution in [3.63, 3.8) is 0 Å². The Bertz CT molecular complexity index is 123. The molecule has 0 aliphatic heterocycles. The first-order valence-electron chi connectivity index (χ1n) is 3.92. The van der Waals surface area contributed by atoms with E-state index in [0.29, 0.717) is 11.8 Å². The molecular weight excluding hydrogens is 146 g/mol. The zero-order chi connectivity index (χ0) is 7.40. The van der Waals surface area contributed by atoms with Gasteiger partial charge in [-0.3, -0.25) is 4.21 Å². The van der Waals surface area contributed by atoms with Crippen LogP contribution in [0.3, 0.4) is 0 Å². The van der Waals surface area contributed by atoms with Gasteiger partial charge >= 0.3 is 0 Å². The molecule has 0 saturated heterocycles. The van der Waals surface area contributed by atoms with Gasteiger partial charge in [0, 0.05) is 21.8 Å². The lowest BCUT2D eigenvalue weighted by Crippen LogP contribution is -2.25. The molecule has 2 nitrogen and oxygen atoms in total. The molecule has 1 aliphatic rings. The van der Waals surface area contributed by atoms with E-state index in [4.69, 9.17) is 5.73 Å². The number of hydrogen-bond acceptors (Lipinski definition) is 2. The zero-order valence-corrected chi connectivity index (χ0v) is 7.03. The Labute approximate surface area is 64.6 Å². The second kappa shape index (κ2) is 4.09. The number of hydrogen-bond donors (Lipinski definition) is 1. The normalized spacial score (nSPS) is 22.1. The van der Waals surface area contributed by atoms with E-state index in [1.807, 2.05) is 0 Å². The lowest BCUT2D eigenvalue weighted by atomic mass is 10.0. The molecule has 1 unspecified atom stereocenters. The minimum absolute atomic E-state index is 0.520. The monoisotopic (exact) mass is 161 g/mol. The molecule has 10 heavy (non-hydrogen) atoms. The highest BCUT2D eigenvalue weighted by atomic mass is 32.2. The van der Waals surface area contributed by atoms with Gasteiger partial charge in [0.05, 0.1) is 0 Å². The van der Waals surface area contributed by atoms with Crippen molar-refractivity contribution < 1.29 is 4.21 Å². The third kappa shape index (κ3) is 2.06. The minimum atomic E-state index is -0.558. The first-order valence-corrected chi connectivity index (χ1v) is 5.30. The number of rotatable bonds is 4. The molecule has 2 N–H and O–H groups in total. The summed E-state index contributed by atoms with van der Waals surface area (Å²) in [4.78, 5) is 0. The van der Waals surface area contributed by atoms with Crippen molar-refractivity contribution >= 4 is 10.8 Å². The highest BCUT2D eigenvalue weighted by Crippen LogP contribution is 2.24. The van der Waals surface area contributed by atoms with Gasteiger partial charge in [0.1, 0.15) is 0 Å². The molecule has 1 atom stereocenters. The average molecular weight is 161 g/mol. The maximum Gasteiger partial charge on any atom is 0.0348 e. The largest absolute Gasteiger partial charge is 0.330 e. The molecule has 0 aromatic heterocycles. The van der Waals surface area contributed by atoms with Crippen molar-refractivity contribution in [2.45, 2.75) is 30.9 Å². The summed E-state index contributed by atoms with van der Waals surface area (Å²) in [7, 11) is -0.558. The lowest BCUT2D eigenvalue weighted by Gasteiger charge is -2.24. The highest BCUT2D eigenvalue weighted by molar-refractivity contribution is 7.85. The molecule has 0 amide bonds. The molecule has 0 heterocycles. The second-order valence-corrected chi connectivity index (χ2v) is 4.62. The van der Waals surface area contributed by atoms with Gasteiger partial charge in [-0.2, -0.15) is 0 Å². The fourth-order valence-electron chi connectivity index (χ4n) is 1.03. The Hall–Kier alpha value is 0.110. The molecule has 0 aromatic rings. The Balaban J connectivity index is 2.08. The van der Waals surface area contributed by atoms with Crippen LogP contribution in [0, 0.1) is 0 Å². The van der Waals surface area contributed by atoms with Crippen LogP contribution in [-0.2, 0) is 10.8 Å². The standard InChI is InChI=1S/C7H15NOS/c8-5-2-6-10(9)7-3-1-4-7/h7H,1-6,8H2. The Morgan fingerprint density at radius 3 is 2.60 bits per heavy atom. The predicted molar refractivity (Wildman–Crippen MR) is 44.3 cm³/mol. The molecule has 0 spiro atoms. The Kier molecular flexibility index (Phi) is 3.35. The second-order valence-electron chi connectivity index (χ2n) is 2.78. The minimum Gasteiger partial charge on any atom is -0.330 e. The van der Waals surface area contributed by atoms with Crippen LogP contribution in [0.1, 0.15) is 25.7 Å². The van der Waals surface area contributed by atoms with E-state index in [0.717, 1.165) is 12.2 Å². The summed E-state index contributed by atoms with van der Waals surface area (Å²) in [5.41, 5.74) is 5.30. The smallest absolute Gasteiger partial charge is 0.0348 e. The topological polar surface area (TPSA) is 43.1 Å². The quantitative estimate of drug-likeness (QED) is 0.657. The van der Waals surface area contributed by atoms with Gasteiger partial charge in [-0.1, -0.05) is 6.42 Å². The summed E-state index contributed by atoms with van der Waals surface area (Å²) in [6, 6.07) is 0. The van der Waals surface area contributed by atoms with Crippen LogP contribution in [0.4, 0.5) is 0 Å². The first-order chi connectivity index (χ1) is 4.84. The van der Waals surface area contributed by atoms with Gasteiger partial charge in [-0.25, -0.2) is 0 Å². The number of nitrogens with two attached hydrogens (primary N) is 1. The van der Waals surface area contributed by atoms with Crippen LogP contribution >= 0.6 is 0 Å². The van der Waals surface area contributed by atoms with Gasteiger partial charge in [0.15, 0.2) is 0 Å². The van der Waals surface area contributed by atoms with Gasteiger partial charge in [0.25, 0.3) is 0 Å². The van der Waals surface area contributed by atoms with E-state index < -0.39 is 10.8 Å². The Morgan fingerprint density at radius 2 is 2.20 bits per heavy atom. The molecule has 1 aliphatic carbocycles. The van der Waals surface area contributed by atoms with Gasteiger partial charge in [-0.15, -0.1) is 0 Å². The van der Waals surface area contributed by atoms with Crippen LogP contribution in [0.2, 0.25) is 0 Å². The van der Waals surface area contributed by atoms with Crippen molar-refractivity contribution in [3.8, 4) is 0 Å². The lowest BCUT2D eigenvalue weighted by molar-refractivity contribution is 0.504. The molecule has 0 aromatic carbocycles. The van der Waals surface area contributed by atoms with Crippen molar-refractivity contribution in [1.29, 1.82) is 0 Å². The van der Waals surface area contributed by atoms with E-state index in [1.165, 1.54) is 19.3 Å². The molecule has 1 fully saturated rings. The maximum absolute atomic E-state index is 11.2. The van der Waals surface area contributed by atoms with Crippen molar-refractivity contribution in [2.75, 3.05) is 12.3 Å². The Morgan fingerprint density at radius 1 is 1.50 bits per heavy atom. The van der Waals surface area contributed by atoms with Crippen molar-refractivity contribution in [1.82, 2.24) is 0 Å². The third-order valence-corrected chi connectivity index (χ3v) is 3.88. The van der Waals surface area contributed by atoms with E-state index in [1.54, 1.807) is 0 Å². The molecule has 0 bridgehead atoms. The zero-order valence-electron chi connectivity index (χ0n) is 6.21. The summed E-state index contributed by atoms with van der Waals surface area (Å²) >= 11 is 0. The van der Waals surface area contributed by atoms with Crippen molar-refractivity contribution in [2.24, 2.45) is 5.73 Å². The molecule has 1 rings (SSSR count). The van der Waals surface area contributed by atoms with E-state index in [2.05, 4.69) is 0 Å². The molecule has 60 valence electrons. The predicted octanol–water partition coefficient (Wildman–Crippen LogP) is 0.636. The summed E-state index contributed by atoms with van der Waals surface area (Å²) < 4.78 is 11.2. The van der Waals surface area contributed by atoms with Crippen LogP contribution < -0.4 is 5.73 Å². The SMILES string of the molecule is NCCCS(=O)C1CCC1. The summed E-state index contributed by atoms with van der Waals surface area (Å²) in [5, 5.41) is 0.520. The van der Waals surface area contributed by atoms with Crippen molar-refractivity contribution in [3.05, 3.63) is 0 Å². The highest BCUT2D eigenvalue weighted by Gasteiger charge is 2.22. The van der Waals surface area contributed by atoms with E-state index in [9.17, 15) is 4.21 Å². The third-order valence-electron chi connectivity index (χ3n) is 1.97. The summed E-state index contributed by atoms with van der Waals surface area (Å²) in [5.74, 6) is 0.821.